The molecule has 4 heterocycles. The molecule has 0 saturated carbocycles. The molecule has 1 atom stereocenters. The highest BCUT2D eigenvalue weighted by Crippen LogP contribution is 2.34. The lowest BCUT2D eigenvalue weighted by Crippen LogP contribution is -2.25. The number of benzene rings is 1. The van der Waals surface area contributed by atoms with Gasteiger partial charge in [0.15, 0.2) is 5.78 Å². The summed E-state index contributed by atoms with van der Waals surface area (Å²) in [5, 5.41) is 16.4. The second-order valence-corrected chi connectivity index (χ2v) is 8.39. The summed E-state index contributed by atoms with van der Waals surface area (Å²) in [6, 6.07) is 13.0. The average Bonchev–Trinajstić information content (AvgIpc) is 3.45. The molecule has 170 valence electrons. The van der Waals surface area contributed by atoms with Gasteiger partial charge in [0.1, 0.15) is 11.2 Å². The maximum atomic E-state index is 11.4. The molecule has 5 aromatic rings. The molecule has 4 N–H and O–H groups in total. The number of fused-ring (bicyclic) bond motifs is 1. The molecule has 1 unspecified atom stereocenters. The highest BCUT2D eigenvalue weighted by atomic mass is 16.3. The number of nitrogens with zero attached hydrogens (tertiary/aromatic N) is 5. The molecule has 0 fully saturated rings. The number of nitrogens with one attached hydrogen (secondary N) is 1. The number of anilines is 1. The lowest BCUT2D eigenvalue weighted by atomic mass is 9.91. The molecule has 4 aromatic heterocycles. The number of aromatic amines is 1. The Morgan fingerprint density at radius 3 is 2.71 bits per heavy atom. The summed E-state index contributed by atoms with van der Waals surface area (Å²) in [6.45, 7) is 3.43. The number of hydrogen-bond donors (Lipinski definition) is 3. The van der Waals surface area contributed by atoms with Gasteiger partial charge in [-0.3, -0.25) is 9.48 Å². The van der Waals surface area contributed by atoms with E-state index in [0.717, 1.165) is 22.1 Å². The van der Waals surface area contributed by atoms with Crippen LogP contribution < -0.4 is 5.73 Å². The number of aliphatic hydroxyl groups is 1. The number of H-pyrrole nitrogens is 1. The van der Waals surface area contributed by atoms with Crippen LogP contribution in [0.1, 0.15) is 25.1 Å². The fourth-order valence-electron chi connectivity index (χ4n) is 3.96. The van der Waals surface area contributed by atoms with Crippen molar-refractivity contribution >= 4 is 22.8 Å². The Bertz CT molecular complexity index is 1500. The molecule has 9 nitrogen and oxygen atoms in total. The molecule has 0 amide bonds. The summed E-state index contributed by atoms with van der Waals surface area (Å²) in [4.78, 5) is 27.8. The third-order valence-corrected chi connectivity index (χ3v) is 5.74. The molecule has 1 aromatic carbocycles. The smallest absolute Gasteiger partial charge is 0.220 e. The van der Waals surface area contributed by atoms with E-state index < -0.39 is 5.60 Å². The maximum Gasteiger partial charge on any atom is 0.220 e. The van der Waals surface area contributed by atoms with Crippen LogP contribution in [0.15, 0.2) is 67.3 Å². The third-order valence-electron chi connectivity index (χ3n) is 5.74. The normalized spacial score (nSPS) is 13.1. The zero-order valence-corrected chi connectivity index (χ0v) is 18.7. The zero-order valence-electron chi connectivity index (χ0n) is 18.7. The Morgan fingerprint density at radius 1 is 1.15 bits per heavy atom. The van der Waals surface area contributed by atoms with E-state index in [-0.39, 0.29) is 18.3 Å². The van der Waals surface area contributed by atoms with Crippen molar-refractivity contribution in [3.8, 4) is 22.4 Å². The maximum absolute atomic E-state index is 11.4. The van der Waals surface area contributed by atoms with E-state index in [2.05, 4.69) is 25.0 Å². The Balaban J connectivity index is 1.58. The second-order valence-electron chi connectivity index (χ2n) is 8.39. The number of aromatic nitrogens is 6. The summed E-state index contributed by atoms with van der Waals surface area (Å²) in [7, 11) is 0. The van der Waals surface area contributed by atoms with Crippen molar-refractivity contribution in [3.05, 3.63) is 78.5 Å². The topological polar surface area (TPSA) is 136 Å². The highest BCUT2D eigenvalue weighted by Gasteiger charge is 2.28. The minimum absolute atomic E-state index is 0.0275. The first kappa shape index (κ1) is 21.5. The van der Waals surface area contributed by atoms with Gasteiger partial charge in [-0.05, 0) is 31.5 Å². The van der Waals surface area contributed by atoms with E-state index in [1.165, 1.54) is 6.92 Å². The van der Waals surface area contributed by atoms with E-state index in [1.54, 1.807) is 30.1 Å². The van der Waals surface area contributed by atoms with Crippen molar-refractivity contribution in [1.29, 1.82) is 0 Å². The standard InChI is InChI=1S/C25H23N7O2/c1-15(33)13-32-14-17(11-29-32)16-8-19-20(12-28-23(19)27-10-16)21-9-22(31-24(26)30-21)25(2,34)18-6-4-3-5-7-18/h3-12,14,34H,13H2,1-2H3,(H,27,28)(H2,26,30,31). The Kier molecular flexibility index (Phi) is 5.18. The first-order valence-corrected chi connectivity index (χ1v) is 10.7. The summed E-state index contributed by atoms with van der Waals surface area (Å²) in [6.07, 6.45) is 7.07. The number of carbonyl (C=O) groups is 1. The van der Waals surface area contributed by atoms with Crippen LogP contribution in [0.4, 0.5) is 5.95 Å². The number of ketones is 1. The van der Waals surface area contributed by atoms with Crippen LogP contribution in [0.25, 0.3) is 33.4 Å². The molecule has 0 aliphatic carbocycles. The lowest BCUT2D eigenvalue weighted by Gasteiger charge is -2.24. The molecule has 0 bridgehead atoms. The predicted octanol–water partition coefficient (Wildman–Crippen LogP) is 3.31. The van der Waals surface area contributed by atoms with Gasteiger partial charge in [0.2, 0.25) is 5.95 Å². The molecule has 0 saturated heterocycles. The van der Waals surface area contributed by atoms with Crippen molar-refractivity contribution in [1.82, 2.24) is 29.7 Å². The van der Waals surface area contributed by atoms with Gasteiger partial charge in [0.05, 0.1) is 24.1 Å². The quantitative estimate of drug-likeness (QED) is 0.359. The summed E-state index contributed by atoms with van der Waals surface area (Å²) < 4.78 is 1.60. The van der Waals surface area contributed by atoms with Gasteiger partial charge < -0.3 is 15.8 Å². The van der Waals surface area contributed by atoms with Gasteiger partial charge in [-0.15, -0.1) is 0 Å². The van der Waals surface area contributed by atoms with Gasteiger partial charge >= 0.3 is 0 Å². The second kappa shape index (κ2) is 8.20. The fraction of sp³-hybridized carbons (Fsp3) is 0.160. The van der Waals surface area contributed by atoms with E-state index in [4.69, 9.17) is 5.73 Å². The Hall–Kier alpha value is -4.37. The molecule has 0 radical (unpaired) electrons. The molecule has 0 aliphatic rings. The number of nitrogens with two attached hydrogens (primary N) is 1. The minimum Gasteiger partial charge on any atom is -0.379 e. The van der Waals surface area contributed by atoms with Crippen molar-refractivity contribution in [3.63, 3.8) is 0 Å². The van der Waals surface area contributed by atoms with Crippen LogP contribution in [0.5, 0.6) is 0 Å². The lowest BCUT2D eigenvalue weighted by molar-refractivity contribution is -0.117. The van der Waals surface area contributed by atoms with Crippen LogP contribution in [-0.2, 0) is 16.9 Å². The molecule has 5 rings (SSSR count). The molecule has 34 heavy (non-hydrogen) atoms. The van der Waals surface area contributed by atoms with E-state index in [0.29, 0.717) is 22.6 Å². The number of pyridine rings is 1. The van der Waals surface area contributed by atoms with Crippen molar-refractivity contribution in [2.24, 2.45) is 0 Å². The average molecular weight is 454 g/mol. The number of nitrogen functional groups attached to an aromatic ring is 1. The Labute approximate surface area is 195 Å². The van der Waals surface area contributed by atoms with E-state index >= 15 is 0 Å². The van der Waals surface area contributed by atoms with Crippen LogP contribution in [0.3, 0.4) is 0 Å². The first-order chi connectivity index (χ1) is 16.3. The molecule has 0 aliphatic heterocycles. The molecular formula is C25H23N7O2. The monoisotopic (exact) mass is 453 g/mol. The van der Waals surface area contributed by atoms with Crippen molar-refractivity contribution in [2.75, 3.05) is 5.73 Å². The predicted molar refractivity (Wildman–Crippen MR) is 129 cm³/mol. The van der Waals surface area contributed by atoms with Crippen molar-refractivity contribution < 1.29 is 9.90 Å². The fourth-order valence-corrected chi connectivity index (χ4v) is 3.96. The number of Topliss-reactive ketones (excluding diaryl/α,β-unsaturated/α-hetero) is 1. The summed E-state index contributed by atoms with van der Waals surface area (Å²) in [5.74, 6) is 0.0902. The van der Waals surface area contributed by atoms with Gasteiger partial charge in [0.25, 0.3) is 0 Å². The van der Waals surface area contributed by atoms with Gasteiger partial charge in [-0.1, -0.05) is 30.3 Å². The van der Waals surface area contributed by atoms with Gasteiger partial charge in [0, 0.05) is 40.7 Å². The van der Waals surface area contributed by atoms with Crippen LogP contribution in [-0.4, -0.2) is 40.6 Å². The Morgan fingerprint density at radius 2 is 1.94 bits per heavy atom. The summed E-state index contributed by atoms with van der Waals surface area (Å²) >= 11 is 0. The molecule has 9 heteroatoms. The largest absolute Gasteiger partial charge is 0.379 e. The summed E-state index contributed by atoms with van der Waals surface area (Å²) in [5.41, 5.74) is 9.51. The molecule has 0 spiro atoms. The SMILES string of the molecule is CC(=O)Cn1cc(-c2cnc3[nH]cc(-c4cc(C(C)(O)c5ccccc5)nc(N)n4)c3c2)cn1. The zero-order chi connectivity index (χ0) is 23.9. The van der Waals surface area contributed by atoms with Gasteiger partial charge in [-0.25, -0.2) is 15.0 Å². The van der Waals surface area contributed by atoms with Crippen LogP contribution >= 0.6 is 0 Å². The van der Waals surface area contributed by atoms with Crippen LogP contribution in [0, 0.1) is 0 Å². The number of hydrogen-bond acceptors (Lipinski definition) is 7. The minimum atomic E-state index is -1.35. The van der Waals surface area contributed by atoms with Crippen molar-refractivity contribution in [2.45, 2.75) is 26.0 Å². The van der Waals surface area contributed by atoms with E-state index in [9.17, 15) is 9.90 Å². The van der Waals surface area contributed by atoms with Crippen LogP contribution in [0.2, 0.25) is 0 Å². The van der Waals surface area contributed by atoms with Gasteiger partial charge in [-0.2, -0.15) is 5.10 Å². The highest BCUT2D eigenvalue weighted by molar-refractivity contribution is 5.95. The third kappa shape index (κ3) is 3.93. The molecular weight excluding hydrogens is 430 g/mol. The first-order valence-electron chi connectivity index (χ1n) is 10.7. The number of rotatable bonds is 6. The number of carbonyl (C=O) groups excluding carboxylic acids is 1. The van der Waals surface area contributed by atoms with E-state index in [1.807, 2.05) is 48.8 Å².